The Morgan fingerprint density at radius 2 is 1.85 bits per heavy atom. The number of benzene rings is 1. The van der Waals surface area contributed by atoms with Gasteiger partial charge in [0, 0.05) is 5.54 Å². The Morgan fingerprint density at radius 1 is 1.19 bits per heavy atom. The lowest BCUT2D eigenvalue weighted by molar-refractivity contribution is -0.130. The van der Waals surface area contributed by atoms with Gasteiger partial charge in [0.1, 0.15) is 11.8 Å². The van der Waals surface area contributed by atoms with E-state index in [0.29, 0.717) is 17.3 Å². The van der Waals surface area contributed by atoms with Crippen LogP contribution in [0.2, 0.25) is 0 Å². The van der Waals surface area contributed by atoms with Crippen molar-refractivity contribution in [3.05, 3.63) is 30.3 Å². The van der Waals surface area contributed by atoms with Gasteiger partial charge in [-0.1, -0.05) is 18.2 Å². The number of thioether (sulfide) groups is 1. The molecule has 0 aliphatic rings. The van der Waals surface area contributed by atoms with Gasteiger partial charge in [0.2, 0.25) is 0 Å². The first-order valence-corrected chi connectivity index (χ1v) is 10.4. The molecule has 0 saturated heterocycles. The van der Waals surface area contributed by atoms with Gasteiger partial charge in [-0.05, 0) is 63.6 Å². The zero-order valence-corrected chi connectivity index (χ0v) is 17.8. The van der Waals surface area contributed by atoms with Gasteiger partial charge in [0.25, 0.3) is 11.8 Å². The Morgan fingerprint density at radius 3 is 2.44 bits per heavy atom. The molecule has 0 fully saturated rings. The highest BCUT2D eigenvalue weighted by atomic mass is 32.2. The highest BCUT2D eigenvalue weighted by molar-refractivity contribution is 7.98. The van der Waals surface area contributed by atoms with Crippen molar-refractivity contribution in [3.8, 4) is 5.75 Å². The van der Waals surface area contributed by atoms with Gasteiger partial charge in [0.05, 0.1) is 0 Å². The van der Waals surface area contributed by atoms with Gasteiger partial charge >= 0.3 is 0 Å². The molecule has 0 unspecified atom stereocenters. The molecule has 0 aliphatic carbocycles. The number of rotatable bonds is 8. The first-order valence-electron chi connectivity index (χ1n) is 8.55. The quantitative estimate of drug-likeness (QED) is 0.381. The van der Waals surface area contributed by atoms with Crippen LogP contribution in [0.25, 0.3) is 0 Å². The molecule has 0 saturated carbocycles. The van der Waals surface area contributed by atoms with Crippen molar-refractivity contribution in [2.75, 3.05) is 18.6 Å². The van der Waals surface area contributed by atoms with Crippen molar-refractivity contribution >= 4 is 40.9 Å². The molecule has 0 aromatic heterocycles. The van der Waals surface area contributed by atoms with Gasteiger partial charge in [-0.2, -0.15) is 11.8 Å². The molecular formula is C18H28N4O3S2. The van der Waals surface area contributed by atoms with Crippen molar-refractivity contribution in [1.29, 1.82) is 0 Å². The lowest BCUT2D eigenvalue weighted by atomic mass is 10.1. The Kier molecular flexibility index (Phi) is 9.95. The standard InChI is InChI=1S/C18H28N4O3S2/c1-18(2,3)20-17(26)22-21-16(24)14(10-11-27-4)19-15(23)12-25-13-8-6-5-7-9-13/h5-9,14H,10-12H2,1-4H3,(H,19,23)(H,21,24)(H2,20,22,26)/t14-/m0/s1. The minimum absolute atomic E-state index is 0.162. The summed E-state index contributed by atoms with van der Waals surface area (Å²) in [7, 11) is 0. The second-order valence-electron chi connectivity index (χ2n) is 6.82. The molecule has 2 amide bonds. The summed E-state index contributed by atoms with van der Waals surface area (Å²) in [6.07, 6.45) is 2.43. The summed E-state index contributed by atoms with van der Waals surface area (Å²) in [5.41, 5.74) is 4.97. The fourth-order valence-corrected chi connectivity index (χ4v) is 2.81. The van der Waals surface area contributed by atoms with Crippen molar-refractivity contribution in [2.45, 2.75) is 38.8 Å². The fourth-order valence-electron chi connectivity index (χ4n) is 1.98. The van der Waals surface area contributed by atoms with Crippen LogP contribution in [-0.4, -0.2) is 47.1 Å². The smallest absolute Gasteiger partial charge is 0.260 e. The van der Waals surface area contributed by atoms with E-state index in [1.165, 1.54) is 0 Å². The third-order valence-corrected chi connectivity index (χ3v) is 4.01. The summed E-state index contributed by atoms with van der Waals surface area (Å²) in [4.78, 5) is 24.5. The number of thiocarbonyl (C=S) groups is 1. The van der Waals surface area contributed by atoms with Gasteiger partial charge in [-0.25, -0.2) is 0 Å². The Labute approximate surface area is 170 Å². The average molecular weight is 413 g/mol. The summed E-state index contributed by atoms with van der Waals surface area (Å²) in [5, 5.41) is 6.03. The van der Waals surface area contributed by atoms with E-state index in [2.05, 4.69) is 21.5 Å². The van der Waals surface area contributed by atoms with Crippen LogP contribution < -0.4 is 26.2 Å². The molecule has 0 radical (unpaired) electrons. The number of para-hydroxylation sites is 1. The average Bonchev–Trinajstić information content (AvgIpc) is 2.61. The normalized spacial score (nSPS) is 11.9. The molecule has 7 nitrogen and oxygen atoms in total. The minimum atomic E-state index is -0.686. The number of hydrogen-bond acceptors (Lipinski definition) is 5. The molecule has 0 aliphatic heterocycles. The predicted molar refractivity (Wildman–Crippen MR) is 114 cm³/mol. The van der Waals surface area contributed by atoms with E-state index in [1.54, 1.807) is 23.9 Å². The minimum Gasteiger partial charge on any atom is -0.484 e. The lowest BCUT2D eigenvalue weighted by Gasteiger charge is -2.24. The molecule has 1 aromatic carbocycles. The van der Waals surface area contributed by atoms with E-state index in [9.17, 15) is 9.59 Å². The number of ether oxygens (including phenoxy) is 1. The maximum atomic E-state index is 12.4. The molecule has 1 atom stereocenters. The SMILES string of the molecule is CSCC[C@H](NC(=O)COc1ccccc1)C(=O)NNC(=S)NC(C)(C)C. The molecule has 9 heteroatoms. The lowest BCUT2D eigenvalue weighted by Crippen LogP contribution is -2.56. The number of amides is 2. The molecule has 1 rings (SSSR count). The van der Waals surface area contributed by atoms with E-state index in [-0.39, 0.29) is 24.0 Å². The molecule has 150 valence electrons. The summed E-state index contributed by atoms with van der Waals surface area (Å²) in [6.45, 7) is 5.70. The topological polar surface area (TPSA) is 91.5 Å². The van der Waals surface area contributed by atoms with Gasteiger partial charge in [-0.15, -0.1) is 0 Å². The first kappa shape index (κ1) is 23.0. The van der Waals surface area contributed by atoms with Crippen LogP contribution >= 0.6 is 24.0 Å². The van der Waals surface area contributed by atoms with E-state index in [1.807, 2.05) is 45.2 Å². The van der Waals surface area contributed by atoms with Crippen LogP contribution in [0.5, 0.6) is 5.75 Å². The summed E-state index contributed by atoms with van der Waals surface area (Å²) >= 11 is 6.73. The Balaban J connectivity index is 2.51. The van der Waals surface area contributed by atoms with Crippen molar-refractivity contribution in [2.24, 2.45) is 0 Å². The molecule has 0 spiro atoms. The fraction of sp³-hybridized carbons (Fsp3) is 0.500. The monoisotopic (exact) mass is 412 g/mol. The van der Waals surface area contributed by atoms with Crippen LogP contribution in [-0.2, 0) is 9.59 Å². The highest BCUT2D eigenvalue weighted by Gasteiger charge is 2.21. The third-order valence-electron chi connectivity index (χ3n) is 3.16. The Hall–Kier alpha value is -2.00. The van der Waals surface area contributed by atoms with Crippen LogP contribution in [0, 0.1) is 0 Å². The van der Waals surface area contributed by atoms with Crippen LogP contribution in [0.1, 0.15) is 27.2 Å². The van der Waals surface area contributed by atoms with E-state index in [4.69, 9.17) is 17.0 Å². The molecule has 27 heavy (non-hydrogen) atoms. The van der Waals surface area contributed by atoms with Crippen LogP contribution in [0.4, 0.5) is 0 Å². The van der Waals surface area contributed by atoms with E-state index < -0.39 is 6.04 Å². The second-order valence-corrected chi connectivity index (χ2v) is 8.22. The van der Waals surface area contributed by atoms with Gasteiger partial charge in [0.15, 0.2) is 11.7 Å². The Bertz CT molecular complexity index is 621. The van der Waals surface area contributed by atoms with Gasteiger partial charge in [-0.3, -0.25) is 20.4 Å². The number of hydrazine groups is 1. The maximum absolute atomic E-state index is 12.4. The second kappa shape index (κ2) is 11.7. The van der Waals surface area contributed by atoms with Crippen molar-refractivity contribution < 1.29 is 14.3 Å². The van der Waals surface area contributed by atoms with E-state index in [0.717, 1.165) is 5.75 Å². The van der Waals surface area contributed by atoms with Crippen LogP contribution in [0.3, 0.4) is 0 Å². The largest absolute Gasteiger partial charge is 0.484 e. The zero-order valence-electron chi connectivity index (χ0n) is 16.1. The summed E-state index contributed by atoms with van der Waals surface area (Å²) in [6, 6.07) is 8.34. The summed E-state index contributed by atoms with van der Waals surface area (Å²) in [5.74, 6) is 0.589. The van der Waals surface area contributed by atoms with Crippen molar-refractivity contribution in [3.63, 3.8) is 0 Å². The maximum Gasteiger partial charge on any atom is 0.260 e. The van der Waals surface area contributed by atoms with Crippen LogP contribution in [0.15, 0.2) is 30.3 Å². The zero-order chi connectivity index (χ0) is 20.3. The van der Waals surface area contributed by atoms with E-state index >= 15 is 0 Å². The molecule has 4 N–H and O–H groups in total. The highest BCUT2D eigenvalue weighted by Crippen LogP contribution is 2.08. The molecule has 1 aromatic rings. The number of nitrogens with one attached hydrogen (secondary N) is 4. The number of carbonyl (C=O) groups is 2. The predicted octanol–water partition coefficient (Wildman–Crippen LogP) is 1.60. The molecule has 0 bridgehead atoms. The first-order chi connectivity index (χ1) is 12.7. The molecular weight excluding hydrogens is 384 g/mol. The van der Waals surface area contributed by atoms with Gasteiger partial charge < -0.3 is 15.4 Å². The number of carbonyl (C=O) groups excluding carboxylic acids is 2. The number of hydrogen-bond donors (Lipinski definition) is 4. The third kappa shape index (κ3) is 10.7. The molecule has 0 heterocycles. The summed E-state index contributed by atoms with van der Waals surface area (Å²) < 4.78 is 5.41. The van der Waals surface area contributed by atoms with Crippen molar-refractivity contribution in [1.82, 2.24) is 21.5 Å².